The van der Waals surface area contributed by atoms with Crippen LogP contribution in [0.2, 0.25) is 0 Å². The molecule has 1 aromatic heterocycles. The molecule has 1 atom stereocenters. The molecule has 0 bridgehead atoms. The van der Waals surface area contributed by atoms with Gasteiger partial charge in [0.15, 0.2) is 0 Å². The van der Waals surface area contributed by atoms with Crippen LogP contribution in [-0.2, 0) is 0 Å². The van der Waals surface area contributed by atoms with Gasteiger partial charge in [-0.3, -0.25) is 4.98 Å². The van der Waals surface area contributed by atoms with E-state index < -0.39 is 0 Å². The van der Waals surface area contributed by atoms with Crippen molar-refractivity contribution in [3.05, 3.63) is 54.4 Å². The molecule has 104 valence electrons. The Balaban J connectivity index is 1.88. The highest BCUT2D eigenvalue weighted by Crippen LogP contribution is 2.29. The molecule has 4 heteroatoms. The number of methoxy groups -OCH3 is 1. The first-order valence-electron chi connectivity index (χ1n) is 6.90. The van der Waals surface area contributed by atoms with E-state index in [9.17, 15) is 0 Å². The van der Waals surface area contributed by atoms with Gasteiger partial charge in [0.2, 0.25) is 0 Å². The highest BCUT2D eigenvalue weighted by molar-refractivity contribution is 5.51. The van der Waals surface area contributed by atoms with E-state index in [1.165, 1.54) is 11.3 Å². The maximum absolute atomic E-state index is 5.23. The summed E-state index contributed by atoms with van der Waals surface area (Å²) in [6, 6.07) is 12.8. The third-order valence-electron chi connectivity index (χ3n) is 3.74. The average molecular weight is 269 g/mol. The van der Waals surface area contributed by atoms with E-state index >= 15 is 0 Å². The highest BCUT2D eigenvalue weighted by Gasteiger charge is 2.23. The van der Waals surface area contributed by atoms with Crippen LogP contribution in [0.25, 0.3) is 0 Å². The Morgan fingerprint density at radius 2 is 1.90 bits per heavy atom. The quantitative estimate of drug-likeness (QED) is 0.927. The van der Waals surface area contributed by atoms with E-state index in [1.54, 1.807) is 7.11 Å². The smallest absolute Gasteiger partial charge is 0.119 e. The Labute approximate surface area is 119 Å². The van der Waals surface area contributed by atoms with Crippen molar-refractivity contribution in [2.45, 2.75) is 6.04 Å². The molecule has 3 rings (SSSR count). The Bertz CT molecular complexity index is 541. The van der Waals surface area contributed by atoms with Crippen LogP contribution in [0.1, 0.15) is 11.6 Å². The van der Waals surface area contributed by atoms with Crippen LogP contribution in [0.5, 0.6) is 5.75 Å². The standard InChI is InChI=1S/C16H19N3O/c1-20-15-4-2-14(3-5-15)19-11-10-18-12-16(19)13-6-8-17-9-7-13/h2-9,16,18H,10-12H2,1H3. The lowest BCUT2D eigenvalue weighted by molar-refractivity contribution is 0.414. The number of piperazine rings is 1. The molecule has 1 fully saturated rings. The molecular formula is C16H19N3O. The van der Waals surface area contributed by atoms with Crippen LogP contribution in [0.3, 0.4) is 0 Å². The topological polar surface area (TPSA) is 37.4 Å². The third kappa shape index (κ3) is 2.60. The summed E-state index contributed by atoms with van der Waals surface area (Å²) in [4.78, 5) is 6.54. The maximum atomic E-state index is 5.23. The lowest BCUT2D eigenvalue weighted by atomic mass is 10.0. The van der Waals surface area contributed by atoms with E-state index in [-0.39, 0.29) is 0 Å². The molecule has 1 saturated heterocycles. The van der Waals surface area contributed by atoms with Crippen molar-refractivity contribution in [3.8, 4) is 5.75 Å². The normalized spacial score (nSPS) is 18.9. The summed E-state index contributed by atoms with van der Waals surface area (Å²) in [5.41, 5.74) is 2.53. The van der Waals surface area contributed by atoms with Crippen LogP contribution < -0.4 is 15.0 Å². The first-order valence-corrected chi connectivity index (χ1v) is 6.90. The molecular weight excluding hydrogens is 250 g/mol. The number of aromatic nitrogens is 1. The molecule has 0 amide bonds. The number of nitrogens with one attached hydrogen (secondary N) is 1. The predicted molar refractivity (Wildman–Crippen MR) is 80.2 cm³/mol. The minimum atomic E-state index is 0.347. The zero-order valence-electron chi connectivity index (χ0n) is 11.6. The van der Waals surface area contributed by atoms with Crippen LogP contribution in [0, 0.1) is 0 Å². The third-order valence-corrected chi connectivity index (χ3v) is 3.74. The Hall–Kier alpha value is -2.07. The molecule has 0 aliphatic carbocycles. The molecule has 1 aliphatic rings. The molecule has 4 nitrogen and oxygen atoms in total. The first kappa shape index (κ1) is 12.9. The molecule has 2 heterocycles. The van der Waals surface area contributed by atoms with Gasteiger partial charge in [0.25, 0.3) is 0 Å². The summed E-state index contributed by atoms with van der Waals surface area (Å²) in [7, 11) is 1.69. The summed E-state index contributed by atoms with van der Waals surface area (Å²) in [5.74, 6) is 0.893. The number of rotatable bonds is 3. The predicted octanol–water partition coefficient (Wildman–Crippen LogP) is 2.24. The number of benzene rings is 1. The van der Waals surface area contributed by atoms with Crippen LogP contribution in [-0.4, -0.2) is 31.7 Å². The second-order valence-electron chi connectivity index (χ2n) is 4.89. The lowest BCUT2D eigenvalue weighted by Gasteiger charge is -2.38. The fourth-order valence-electron chi connectivity index (χ4n) is 2.67. The van der Waals surface area contributed by atoms with E-state index in [1.807, 2.05) is 24.5 Å². The molecule has 0 radical (unpaired) electrons. The number of ether oxygens (including phenoxy) is 1. The van der Waals surface area contributed by atoms with E-state index in [2.05, 4.69) is 39.5 Å². The molecule has 0 spiro atoms. The fraction of sp³-hybridized carbons (Fsp3) is 0.312. The van der Waals surface area contributed by atoms with Crippen molar-refractivity contribution in [3.63, 3.8) is 0 Å². The zero-order chi connectivity index (χ0) is 13.8. The fourth-order valence-corrected chi connectivity index (χ4v) is 2.67. The van der Waals surface area contributed by atoms with Gasteiger partial charge in [-0.15, -0.1) is 0 Å². The summed E-state index contributed by atoms with van der Waals surface area (Å²) in [6.45, 7) is 2.96. The lowest BCUT2D eigenvalue weighted by Crippen LogP contribution is -2.46. The van der Waals surface area contributed by atoms with Gasteiger partial charge in [0.1, 0.15) is 5.75 Å². The van der Waals surface area contributed by atoms with Gasteiger partial charge in [0.05, 0.1) is 13.2 Å². The number of hydrogen-bond acceptors (Lipinski definition) is 4. The van der Waals surface area contributed by atoms with Gasteiger partial charge < -0.3 is 15.0 Å². The second-order valence-corrected chi connectivity index (χ2v) is 4.89. The summed E-state index contributed by atoms with van der Waals surface area (Å²) in [6.07, 6.45) is 3.71. The monoisotopic (exact) mass is 269 g/mol. The minimum Gasteiger partial charge on any atom is -0.497 e. The van der Waals surface area contributed by atoms with E-state index in [0.29, 0.717) is 6.04 Å². The second kappa shape index (κ2) is 5.92. The molecule has 1 unspecified atom stereocenters. The Morgan fingerprint density at radius 1 is 1.15 bits per heavy atom. The van der Waals surface area contributed by atoms with Crippen LogP contribution in [0.15, 0.2) is 48.8 Å². The molecule has 1 aliphatic heterocycles. The van der Waals surface area contributed by atoms with Gasteiger partial charge in [-0.25, -0.2) is 0 Å². The van der Waals surface area contributed by atoms with E-state index in [0.717, 1.165) is 25.4 Å². The minimum absolute atomic E-state index is 0.347. The number of anilines is 1. The maximum Gasteiger partial charge on any atom is 0.119 e. The van der Waals surface area contributed by atoms with Crippen molar-refractivity contribution in [2.75, 3.05) is 31.6 Å². The number of pyridine rings is 1. The number of nitrogens with zero attached hydrogens (tertiary/aromatic N) is 2. The van der Waals surface area contributed by atoms with Crippen LogP contribution in [0.4, 0.5) is 5.69 Å². The average Bonchev–Trinajstić information content (AvgIpc) is 2.56. The van der Waals surface area contributed by atoms with Gasteiger partial charge >= 0.3 is 0 Å². The molecule has 20 heavy (non-hydrogen) atoms. The van der Waals surface area contributed by atoms with E-state index in [4.69, 9.17) is 4.74 Å². The van der Waals surface area contributed by atoms with Gasteiger partial charge in [-0.2, -0.15) is 0 Å². The van der Waals surface area contributed by atoms with Crippen molar-refractivity contribution in [1.29, 1.82) is 0 Å². The largest absolute Gasteiger partial charge is 0.497 e. The Kier molecular flexibility index (Phi) is 3.83. The molecule has 0 saturated carbocycles. The Morgan fingerprint density at radius 3 is 2.60 bits per heavy atom. The molecule has 2 aromatic rings. The molecule has 1 N–H and O–H groups in total. The van der Waals surface area contributed by atoms with Crippen molar-refractivity contribution in [1.82, 2.24) is 10.3 Å². The van der Waals surface area contributed by atoms with Crippen LogP contribution >= 0.6 is 0 Å². The summed E-state index contributed by atoms with van der Waals surface area (Å²) < 4.78 is 5.23. The highest BCUT2D eigenvalue weighted by atomic mass is 16.5. The van der Waals surface area contributed by atoms with Crippen molar-refractivity contribution >= 4 is 5.69 Å². The van der Waals surface area contributed by atoms with Crippen molar-refractivity contribution < 1.29 is 4.74 Å². The summed E-state index contributed by atoms with van der Waals surface area (Å²) >= 11 is 0. The zero-order valence-corrected chi connectivity index (χ0v) is 11.6. The molecule has 1 aromatic carbocycles. The van der Waals surface area contributed by atoms with Gasteiger partial charge in [-0.05, 0) is 42.0 Å². The van der Waals surface area contributed by atoms with Gasteiger partial charge in [-0.1, -0.05) is 0 Å². The van der Waals surface area contributed by atoms with Gasteiger partial charge in [0, 0.05) is 37.7 Å². The summed E-state index contributed by atoms with van der Waals surface area (Å²) in [5, 5.41) is 3.47. The SMILES string of the molecule is COc1ccc(N2CCNCC2c2ccncc2)cc1. The van der Waals surface area contributed by atoms with Crippen molar-refractivity contribution in [2.24, 2.45) is 0 Å². The number of hydrogen-bond donors (Lipinski definition) is 1. The first-order chi connectivity index (χ1) is 9.88.